The molecule has 0 amide bonds. The molecule has 0 saturated carbocycles. The van der Waals surface area contributed by atoms with Gasteiger partial charge in [-0.3, -0.25) is 4.98 Å². The second kappa shape index (κ2) is 7.48. The normalized spacial score (nSPS) is 10.4. The molecule has 2 aromatic heterocycles. The summed E-state index contributed by atoms with van der Waals surface area (Å²) in [5.41, 5.74) is 2.32. The molecule has 2 heterocycles. The molecule has 7 nitrogen and oxygen atoms in total. The number of aromatic carboxylic acids is 1. The average Bonchev–Trinajstić information content (AvgIpc) is 2.63. The molecular weight excluding hydrogens is 318 g/mol. The van der Waals surface area contributed by atoms with Gasteiger partial charge < -0.3 is 10.4 Å². The Labute approximate surface area is 144 Å². The fourth-order valence-electron chi connectivity index (χ4n) is 2.35. The maximum Gasteiger partial charge on any atom is 0.335 e. The summed E-state index contributed by atoms with van der Waals surface area (Å²) in [6, 6.07) is 8.43. The molecule has 25 heavy (non-hydrogen) atoms. The molecule has 0 unspecified atom stereocenters. The van der Waals surface area contributed by atoms with Crippen LogP contribution in [0.4, 0.5) is 11.5 Å². The summed E-state index contributed by atoms with van der Waals surface area (Å²) >= 11 is 0. The average molecular weight is 335 g/mol. The molecule has 0 radical (unpaired) electrons. The number of aromatic nitrogens is 4. The number of benzene rings is 1. The van der Waals surface area contributed by atoms with E-state index in [0.29, 0.717) is 23.0 Å². The number of hydrogen-bond donors (Lipinski definition) is 2. The van der Waals surface area contributed by atoms with E-state index in [-0.39, 0.29) is 5.56 Å². The van der Waals surface area contributed by atoms with Crippen molar-refractivity contribution < 1.29 is 9.90 Å². The van der Waals surface area contributed by atoms with Gasteiger partial charge in [-0.05, 0) is 24.6 Å². The zero-order chi connectivity index (χ0) is 17.6. The van der Waals surface area contributed by atoms with E-state index in [1.807, 2.05) is 6.07 Å². The van der Waals surface area contributed by atoms with Gasteiger partial charge in [0.2, 0.25) is 0 Å². The SMILES string of the molecule is CCCc1cc(Nc2cccc(C(=O)O)c2)nc(-c2cnccn2)n1. The summed E-state index contributed by atoms with van der Waals surface area (Å²) < 4.78 is 0. The molecule has 0 saturated heterocycles. The minimum absolute atomic E-state index is 0.210. The van der Waals surface area contributed by atoms with Crippen LogP contribution in [0, 0.1) is 0 Å². The first-order valence-corrected chi connectivity index (χ1v) is 7.90. The number of hydrogen-bond acceptors (Lipinski definition) is 6. The Morgan fingerprint density at radius 3 is 2.80 bits per heavy atom. The summed E-state index contributed by atoms with van der Waals surface area (Å²) in [4.78, 5) is 28.4. The van der Waals surface area contributed by atoms with E-state index in [1.165, 1.54) is 0 Å². The molecule has 7 heteroatoms. The fourth-order valence-corrected chi connectivity index (χ4v) is 2.35. The number of carboxylic acids is 1. The lowest BCUT2D eigenvalue weighted by atomic mass is 10.2. The smallest absolute Gasteiger partial charge is 0.335 e. The fraction of sp³-hybridized carbons (Fsp3) is 0.167. The van der Waals surface area contributed by atoms with Crippen molar-refractivity contribution in [1.29, 1.82) is 0 Å². The van der Waals surface area contributed by atoms with E-state index in [1.54, 1.807) is 42.9 Å². The van der Waals surface area contributed by atoms with Crippen LogP contribution in [0.3, 0.4) is 0 Å². The summed E-state index contributed by atoms with van der Waals surface area (Å²) in [6.07, 6.45) is 6.55. The zero-order valence-corrected chi connectivity index (χ0v) is 13.7. The minimum Gasteiger partial charge on any atom is -0.478 e. The highest BCUT2D eigenvalue weighted by molar-refractivity contribution is 5.89. The number of nitrogens with zero attached hydrogens (tertiary/aromatic N) is 4. The van der Waals surface area contributed by atoms with Gasteiger partial charge in [0.25, 0.3) is 0 Å². The molecule has 0 fully saturated rings. The van der Waals surface area contributed by atoms with Crippen molar-refractivity contribution in [2.45, 2.75) is 19.8 Å². The maximum absolute atomic E-state index is 11.1. The molecule has 3 aromatic rings. The third kappa shape index (κ3) is 4.14. The first-order valence-electron chi connectivity index (χ1n) is 7.90. The van der Waals surface area contributed by atoms with Crippen molar-refractivity contribution in [3.63, 3.8) is 0 Å². The Morgan fingerprint density at radius 2 is 2.08 bits per heavy atom. The Bertz CT molecular complexity index is 884. The number of carbonyl (C=O) groups is 1. The Hall–Kier alpha value is -3.35. The van der Waals surface area contributed by atoms with Gasteiger partial charge >= 0.3 is 5.97 Å². The highest BCUT2D eigenvalue weighted by atomic mass is 16.4. The van der Waals surface area contributed by atoms with Crippen LogP contribution in [0.5, 0.6) is 0 Å². The standard InChI is InChI=1S/C18H17N5O2/c1-2-4-13-10-16(21-14-6-3-5-12(9-14)18(24)25)23-17(22-13)15-11-19-7-8-20-15/h3,5-11H,2,4H2,1H3,(H,24,25)(H,21,22,23). The number of carboxylic acid groups (broad SMARTS) is 1. The van der Waals surface area contributed by atoms with Crippen LogP contribution in [0.2, 0.25) is 0 Å². The lowest BCUT2D eigenvalue weighted by Gasteiger charge is -2.10. The third-order valence-corrected chi connectivity index (χ3v) is 3.46. The number of aryl methyl sites for hydroxylation is 1. The lowest BCUT2D eigenvalue weighted by molar-refractivity contribution is 0.0697. The van der Waals surface area contributed by atoms with E-state index in [4.69, 9.17) is 5.11 Å². The van der Waals surface area contributed by atoms with Crippen molar-refractivity contribution >= 4 is 17.5 Å². The molecule has 1 aromatic carbocycles. The summed E-state index contributed by atoms with van der Waals surface area (Å²) in [7, 11) is 0. The van der Waals surface area contributed by atoms with E-state index in [9.17, 15) is 4.79 Å². The topological polar surface area (TPSA) is 101 Å². The summed E-state index contributed by atoms with van der Waals surface area (Å²) in [5, 5.41) is 12.3. The van der Waals surface area contributed by atoms with Crippen LogP contribution in [0.25, 0.3) is 11.5 Å². The molecule has 3 rings (SSSR count). The van der Waals surface area contributed by atoms with Gasteiger partial charge in [0.1, 0.15) is 11.5 Å². The van der Waals surface area contributed by atoms with Gasteiger partial charge in [-0.2, -0.15) is 0 Å². The first-order chi connectivity index (χ1) is 12.2. The van der Waals surface area contributed by atoms with Gasteiger partial charge in [-0.1, -0.05) is 19.4 Å². The van der Waals surface area contributed by atoms with Crippen molar-refractivity contribution in [1.82, 2.24) is 19.9 Å². The molecule has 126 valence electrons. The van der Waals surface area contributed by atoms with Crippen molar-refractivity contribution in [3.8, 4) is 11.5 Å². The van der Waals surface area contributed by atoms with E-state index in [0.717, 1.165) is 18.5 Å². The highest BCUT2D eigenvalue weighted by Crippen LogP contribution is 2.20. The van der Waals surface area contributed by atoms with Crippen LogP contribution in [-0.4, -0.2) is 31.0 Å². The first kappa shape index (κ1) is 16.5. The number of anilines is 2. The second-order valence-electron chi connectivity index (χ2n) is 5.42. The minimum atomic E-state index is -0.974. The maximum atomic E-state index is 11.1. The highest BCUT2D eigenvalue weighted by Gasteiger charge is 2.09. The number of rotatable bonds is 6. The Morgan fingerprint density at radius 1 is 1.20 bits per heavy atom. The Kier molecular flexibility index (Phi) is 4.94. The largest absolute Gasteiger partial charge is 0.478 e. The zero-order valence-electron chi connectivity index (χ0n) is 13.7. The van der Waals surface area contributed by atoms with Crippen LogP contribution in [0.15, 0.2) is 48.9 Å². The van der Waals surface area contributed by atoms with E-state index >= 15 is 0 Å². The molecule has 0 atom stereocenters. The molecule has 0 bridgehead atoms. The van der Waals surface area contributed by atoms with Crippen LogP contribution >= 0.6 is 0 Å². The van der Waals surface area contributed by atoms with Gasteiger partial charge in [-0.15, -0.1) is 0 Å². The molecule has 2 N–H and O–H groups in total. The van der Waals surface area contributed by atoms with Crippen LogP contribution in [0.1, 0.15) is 29.4 Å². The van der Waals surface area contributed by atoms with E-state index in [2.05, 4.69) is 32.2 Å². The monoisotopic (exact) mass is 335 g/mol. The Balaban J connectivity index is 1.96. The van der Waals surface area contributed by atoms with Gasteiger partial charge in [0.05, 0.1) is 11.8 Å². The van der Waals surface area contributed by atoms with Gasteiger partial charge in [0, 0.05) is 29.8 Å². The molecule has 0 spiro atoms. The lowest BCUT2D eigenvalue weighted by Crippen LogP contribution is -2.03. The van der Waals surface area contributed by atoms with Crippen LogP contribution in [-0.2, 0) is 6.42 Å². The van der Waals surface area contributed by atoms with Crippen molar-refractivity contribution in [2.75, 3.05) is 5.32 Å². The van der Waals surface area contributed by atoms with Crippen molar-refractivity contribution in [2.24, 2.45) is 0 Å². The van der Waals surface area contributed by atoms with Crippen molar-refractivity contribution in [3.05, 3.63) is 60.2 Å². The number of nitrogens with one attached hydrogen (secondary N) is 1. The molecule has 0 aliphatic carbocycles. The quantitative estimate of drug-likeness (QED) is 0.712. The molecule has 0 aliphatic heterocycles. The molecular formula is C18H17N5O2. The summed E-state index contributed by atoms with van der Waals surface area (Å²) in [5.74, 6) is 0.0934. The summed E-state index contributed by atoms with van der Waals surface area (Å²) in [6.45, 7) is 2.08. The van der Waals surface area contributed by atoms with Gasteiger partial charge in [0.15, 0.2) is 5.82 Å². The predicted molar refractivity (Wildman–Crippen MR) is 93.7 cm³/mol. The van der Waals surface area contributed by atoms with E-state index < -0.39 is 5.97 Å². The van der Waals surface area contributed by atoms with Gasteiger partial charge in [-0.25, -0.2) is 19.7 Å². The van der Waals surface area contributed by atoms with Crippen LogP contribution < -0.4 is 5.32 Å². The third-order valence-electron chi connectivity index (χ3n) is 3.46. The second-order valence-corrected chi connectivity index (χ2v) is 5.42. The predicted octanol–water partition coefficient (Wildman–Crippen LogP) is 3.33. The molecule has 0 aliphatic rings.